The Hall–Kier alpha value is -0.160. The average molecular weight is 240 g/mol. The number of piperidine rings is 2. The van der Waals surface area contributed by atoms with E-state index in [4.69, 9.17) is 5.73 Å². The van der Waals surface area contributed by atoms with Gasteiger partial charge in [-0.3, -0.25) is 0 Å². The number of likely N-dealkylation sites (tertiary alicyclic amines) is 2. The number of nitrogens with two attached hydrogens (primary N) is 1. The molecule has 0 unspecified atom stereocenters. The second-order valence-corrected chi connectivity index (χ2v) is 6.12. The fourth-order valence-electron chi connectivity index (χ4n) is 2.80. The first-order chi connectivity index (χ1) is 8.07. The van der Waals surface area contributed by atoms with Crippen molar-refractivity contribution in [3.63, 3.8) is 0 Å². The maximum absolute atomic E-state index is 6.47. The zero-order valence-corrected chi connectivity index (χ0v) is 11.4. The summed E-state index contributed by atoms with van der Waals surface area (Å²) in [6.45, 7) is 5.72. The van der Waals surface area contributed by atoms with Crippen LogP contribution in [-0.2, 0) is 0 Å². The molecule has 2 rings (SSSR count). The first-order valence-corrected chi connectivity index (χ1v) is 6.97. The summed E-state index contributed by atoms with van der Waals surface area (Å²) in [5.41, 5.74) is 6.50. The van der Waals surface area contributed by atoms with Crippen LogP contribution < -0.4 is 11.1 Å². The SMILES string of the molecule is CN1CCC(NCC2(N)CCN(C)CC2)CC1. The van der Waals surface area contributed by atoms with E-state index in [2.05, 4.69) is 29.2 Å². The summed E-state index contributed by atoms with van der Waals surface area (Å²) >= 11 is 0. The molecule has 2 aliphatic rings. The van der Waals surface area contributed by atoms with Crippen molar-refractivity contribution >= 4 is 0 Å². The number of nitrogens with zero attached hydrogens (tertiary/aromatic N) is 2. The molecule has 0 atom stereocenters. The highest BCUT2D eigenvalue weighted by Crippen LogP contribution is 2.18. The van der Waals surface area contributed by atoms with Gasteiger partial charge in [-0.05, 0) is 66.0 Å². The summed E-state index contributed by atoms with van der Waals surface area (Å²) in [4.78, 5) is 4.78. The highest BCUT2D eigenvalue weighted by molar-refractivity contribution is 4.92. The van der Waals surface area contributed by atoms with E-state index in [-0.39, 0.29) is 5.54 Å². The standard InChI is InChI=1S/C13H28N4/c1-16-7-3-12(4-8-16)15-11-13(14)5-9-17(2)10-6-13/h12,15H,3-11,14H2,1-2H3. The van der Waals surface area contributed by atoms with Gasteiger partial charge in [-0.25, -0.2) is 0 Å². The molecule has 0 radical (unpaired) electrons. The molecule has 3 N–H and O–H groups in total. The minimum Gasteiger partial charge on any atom is -0.324 e. The predicted molar refractivity (Wildman–Crippen MR) is 72.2 cm³/mol. The zero-order chi connectivity index (χ0) is 12.3. The van der Waals surface area contributed by atoms with E-state index in [9.17, 15) is 0 Å². The molecule has 0 amide bonds. The van der Waals surface area contributed by atoms with Crippen molar-refractivity contribution in [1.82, 2.24) is 15.1 Å². The van der Waals surface area contributed by atoms with Crippen LogP contribution in [0.3, 0.4) is 0 Å². The lowest BCUT2D eigenvalue weighted by molar-refractivity contribution is 0.172. The Bertz CT molecular complexity index is 228. The summed E-state index contributed by atoms with van der Waals surface area (Å²) < 4.78 is 0. The molecule has 0 aromatic heterocycles. The van der Waals surface area contributed by atoms with Gasteiger partial charge < -0.3 is 20.9 Å². The third-order valence-corrected chi connectivity index (χ3v) is 4.44. The van der Waals surface area contributed by atoms with Gasteiger partial charge in [-0.15, -0.1) is 0 Å². The number of nitrogens with one attached hydrogen (secondary N) is 1. The minimum atomic E-state index is 0.0376. The third kappa shape index (κ3) is 3.91. The molecule has 0 aromatic rings. The molecule has 0 aromatic carbocycles. The normalized spacial score (nSPS) is 28.4. The first-order valence-electron chi connectivity index (χ1n) is 6.97. The smallest absolute Gasteiger partial charge is 0.0305 e. The Kier molecular flexibility index (Phi) is 4.42. The molecule has 2 heterocycles. The van der Waals surface area contributed by atoms with Gasteiger partial charge in [0.15, 0.2) is 0 Å². The van der Waals surface area contributed by atoms with E-state index in [0.717, 1.165) is 32.5 Å². The Morgan fingerprint density at radius 3 is 2.18 bits per heavy atom. The van der Waals surface area contributed by atoms with Gasteiger partial charge in [0.05, 0.1) is 0 Å². The van der Waals surface area contributed by atoms with Crippen LogP contribution in [0.5, 0.6) is 0 Å². The van der Waals surface area contributed by atoms with Crippen LogP contribution in [0.2, 0.25) is 0 Å². The maximum Gasteiger partial charge on any atom is 0.0305 e. The molecule has 0 spiro atoms. The van der Waals surface area contributed by atoms with Crippen molar-refractivity contribution < 1.29 is 0 Å². The number of hydrogen-bond acceptors (Lipinski definition) is 4. The highest BCUT2D eigenvalue weighted by atomic mass is 15.1. The largest absolute Gasteiger partial charge is 0.324 e. The van der Waals surface area contributed by atoms with Gasteiger partial charge in [0.2, 0.25) is 0 Å². The van der Waals surface area contributed by atoms with Crippen molar-refractivity contribution in [2.75, 3.05) is 46.8 Å². The Balaban J connectivity index is 1.70. The van der Waals surface area contributed by atoms with Crippen molar-refractivity contribution in [1.29, 1.82) is 0 Å². The van der Waals surface area contributed by atoms with E-state index < -0.39 is 0 Å². The summed E-state index contributed by atoms with van der Waals surface area (Å²) in [5, 5.41) is 3.70. The second kappa shape index (κ2) is 5.65. The zero-order valence-electron chi connectivity index (χ0n) is 11.4. The monoisotopic (exact) mass is 240 g/mol. The number of rotatable bonds is 3. The Morgan fingerprint density at radius 2 is 1.59 bits per heavy atom. The maximum atomic E-state index is 6.47. The summed E-state index contributed by atoms with van der Waals surface area (Å²) in [7, 11) is 4.39. The van der Waals surface area contributed by atoms with Gasteiger partial charge in [0, 0.05) is 18.1 Å². The van der Waals surface area contributed by atoms with Gasteiger partial charge in [0.25, 0.3) is 0 Å². The fraction of sp³-hybridized carbons (Fsp3) is 1.00. The van der Waals surface area contributed by atoms with Crippen molar-refractivity contribution in [3.8, 4) is 0 Å². The van der Waals surface area contributed by atoms with E-state index in [1.807, 2.05) is 0 Å². The van der Waals surface area contributed by atoms with Crippen LogP contribution in [0.15, 0.2) is 0 Å². The molecule has 2 saturated heterocycles. The molecule has 0 aliphatic carbocycles. The lowest BCUT2D eigenvalue weighted by Gasteiger charge is -2.39. The molecule has 2 aliphatic heterocycles. The average Bonchev–Trinajstić information content (AvgIpc) is 2.33. The van der Waals surface area contributed by atoms with Gasteiger partial charge in [0.1, 0.15) is 0 Å². The lowest BCUT2D eigenvalue weighted by atomic mass is 9.88. The molecular formula is C13H28N4. The van der Waals surface area contributed by atoms with E-state index in [1.165, 1.54) is 25.9 Å². The van der Waals surface area contributed by atoms with Crippen molar-refractivity contribution in [2.24, 2.45) is 5.73 Å². The van der Waals surface area contributed by atoms with Gasteiger partial charge in [-0.1, -0.05) is 0 Å². The van der Waals surface area contributed by atoms with Crippen molar-refractivity contribution in [3.05, 3.63) is 0 Å². The Labute approximate surface area is 106 Å². The molecular weight excluding hydrogens is 212 g/mol. The minimum absolute atomic E-state index is 0.0376. The van der Waals surface area contributed by atoms with Crippen LogP contribution >= 0.6 is 0 Å². The molecule has 2 fully saturated rings. The van der Waals surface area contributed by atoms with Crippen LogP contribution in [0.4, 0.5) is 0 Å². The molecule has 4 nitrogen and oxygen atoms in total. The summed E-state index contributed by atoms with van der Waals surface area (Å²) in [6.07, 6.45) is 4.80. The van der Waals surface area contributed by atoms with Gasteiger partial charge in [-0.2, -0.15) is 0 Å². The lowest BCUT2D eigenvalue weighted by Crippen LogP contribution is -2.57. The van der Waals surface area contributed by atoms with Crippen molar-refractivity contribution in [2.45, 2.75) is 37.3 Å². The van der Waals surface area contributed by atoms with Crippen LogP contribution in [0.25, 0.3) is 0 Å². The highest BCUT2D eigenvalue weighted by Gasteiger charge is 2.30. The van der Waals surface area contributed by atoms with Crippen LogP contribution in [0, 0.1) is 0 Å². The summed E-state index contributed by atoms with van der Waals surface area (Å²) in [5.74, 6) is 0. The van der Waals surface area contributed by atoms with Crippen LogP contribution in [-0.4, -0.2) is 68.2 Å². The number of hydrogen-bond donors (Lipinski definition) is 2. The van der Waals surface area contributed by atoms with E-state index in [0.29, 0.717) is 6.04 Å². The topological polar surface area (TPSA) is 44.5 Å². The molecule has 4 heteroatoms. The molecule has 0 saturated carbocycles. The molecule has 0 bridgehead atoms. The van der Waals surface area contributed by atoms with E-state index >= 15 is 0 Å². The second-order valence-electron chi connectivity index (χ2n) is 6.12. The van der Waals surface area contributed by atoms with Crippen LogP contribution in [0.1, 0.15) is 25.7 Å². The fourth-order valence-corrected chi connectivity index (χ4v) is 2.80. The molecule has 17 heavy (non-hydrogen) atoms. The molecule has 100 valence electrons. The quantitative estimate of drug-likeness (QED) is 0.734. The van der Waals surface area contributed by atoms with Gasteiger partial charge >= 0.3 is 0 Å². The summed E-state index contributed by atoms with van der Waals surface area (Å²) in [6, 6.07) is 0.686. The third-order valence-electron chi connectivity index (χ3n) is 4.44. The van der Waals surface area contributed by atoms with E-state index in [1.54, 1.807) is 0 Å². The Morgan fingerprint density at radius 1 is 1.06 bits per heavy atom. The predicted octanol–water partition coefficient (Wildman–Crippen LogP) is 0.0933. The first kappa shape index (κ1) is 13.3.